The second kappa shape index (κ2) is 6.82. The van der Waals surface area contributed by atoms with Crippen LogP contribution in [-0.4, -0.2) is 17.9 Å². The topological polar surface area (TPSA) is 53.8 Å². The lowest BCUT2D eigenvalue weighted by molar-refractivity contribution is 0.318. The Balaban J connectivity index is 2.07. The summed E-state index contributed by atoms with van der Waals surface area (Å²) in [5, 5.41) is 14.7. The number of hydrazone groups is 1. The van der Waals surface area contributed by atoms with Crippen LogP contribution >= 0.6 is 11.6 Å². The summed E-state index contributed by atoms with van der Waals surface area (Å²) in [7, 11) is 0. The average Bonchev–Trinajstić information content (AvgIpc) is 2.45. The molecule has 2 N–H and O–H groups in total. The lowest BCUT2D eigenvalue weighted by atomic mass is 10.2. The number of benzene rings is 2. The Morgan fingerprint density at radius 2 is 2.00 bits per heavy atom. The van der Waals surface area contributed by atoms with Crippen LogP contribution in [0.5, 0.6) is 11.5 Å². The Morgan fingerprint density at radius 1 is 1.25 bits per heavy atom. The van der Waals surface area contributed by atoms with E-state index in [4.69, 9.17) is 16.3 Å². The van der Waals surface area contributed by atoms with Gasteiger partial charge in [-0.15, -0.1) is 0 Å². The number of para-hydroxylation sites is 1. The Kier molecular flexibility index (Phi) is 4.85. The monoisotopic (exact) mass is 290 g/mol. The third-order valence-electron chi connectivity index (χ3n) is 2.57. The molecule has 0 radical (unpaired) electrons. The van der Waals surface area contributed by atoms with Crippen LogP contribution in [0.1, 0.15) is 12.5 Å². The molecule has 104 valence electrons. The van der Waals surface area contributed by atoms with Gasteiger partial charge in [0.25, 0.3) is 0 Å². The summed E-state index contributed by atoms with van der Waals surface area (Å²) in [6.45, 7) is 2.36. The maximum Gasteiger partial charge on any atom is 0.166 e. The molecule has 0 atom stereocenters. The maximum atomic E-state index is 9.99. The molecule has 20 heavy (non-hydrogen) atoms. The van der Waals surface area contributed by atoms with Crippen molar-refractivity contribution in [3.05, 3.63) is 53.1 Å². The van der Waals surface area contributed by atoms with Crippen LogP contribution in [0, 0.1) is 0 Å². The molecule has 0 saturated carbocycles. The standard InChI is InChI=1S/C15H15ClN2O2/c1-2-20-14-5-3-4-11(15(14)19)10-17-18-13-8-6-12(16)7-9-13/h3-10,18-19H,2H2,1H3/b17-10+. The van der Waals surface area contributed by atoms with Gasteiger partial charge in [0.15, 0.2) is 11.5 Å². The first-order valence-electron chi connectivity index (χ1n) is 6.20. The van der Waals surface area contributed by atoms with Crippen molar-refractivity contribution >= 4 is 23.5 Å². The van der Waals surface area contributed by atoms with Gasteiger partial charge in [0.1, 0.15) is 0 Å². The van der Waals surface area contributed by atoms with Gasteiger partial charge < -0.3 is 9.84 Å². The molecule has 0 fully saturated rings. The van der Waals surface area contributed by atoms with Crippen molar-refractivity contribution in [2.45, 2.75) is 6.92 Å². The highest BCUT2D eigenvalue weighted by atomic mass is 35.5. The molecule has 0 aromatic heterocycles. The van der Waals surface area contributed by atoms with E-state index < -0.39 is 0 Å². The SMILES string of the molecule is CCOc1cccc(/C=N/Nc2ccc(Cl)cc2)c1O. The van der Waals surface area contributed by atoms with Crippen molar-refractivity contribution in [2.24, 2.45) is 5.10 Å². The molecule has 2 rings (SSSR count). The van der Waals surface area contributed by atoms with Gasteiger partial charge in [0.05, 0.1) is 18.5 Å². The van der Waals surface area contributed by atoms with Gasteiger partial charge in [-0.25, -0.2) is 0 Å². The van der Waals surface area contributed by atoms with E-state index in [0.29, 0.717) is 22.9 Å². The predicted octanol–water partition coefficient (Wildman–Crippen LogP) is 3.89. The minimum absolute atomic E-state index is 0.0796. The van der Waals surface area contributed by atoms with E-state index in [2.05, 4.69) is 10.5 Å². The van der Waals surface area contributed by atoms with Crippen LogP contribution in [-0.2, 0) is 0 Å². The van der Waals surface area contributed by atoms with E-state index in [1.807, 2.05) is 19.1 Å². The minimum atomic E-state index is 0.0796. The van der Waals surface area contributed by atoms with Crippen LogP contribution in [0.2, 0.25) is 5.02 Å². The molecule has 0 aliphatic heterocycles. The predicted molar refractivity (Wildman–Crippen MR) is 81.9 cm³/mol. The molecule has 0 bridgehead atoms. The molecule has 2 aromatic rings. The number of phenols is 1. The lowest BCUT2D eigenvalue weighted by Gasteiger charge is -2.07. The van der Waals surface area contributed by atoms with Crippen LogP contribution in [0.3, 0.4) is 0 Å². The third-order valence-corrected chi connectivity index (χ3v) is 2.82. The lowest BCUT2D eigenvalue weighted by Crippen LogP contribution is -1.95. The minimum Gasteiger partial charge on any atom is -0.504 e. The zero-order valence-corrected chi connectivity index (χ0v) is 11.8. The van der Waals surface area contributed by atoms with E-state index in [1.165, 1.54) is 6.21 Å². The Morgan fingerprint density at radius 3 is 2.70 bits per heavy atom. The fraction of sp³-hybridized carbons (Fsp3) is 0.133. The molecule has 0 aliphatic rings. The smallest absolute Gasteiger partial charge is 0.166 e. The largest absolute Gasteiger partial charge is 0.504 e. The van der Waals surface area contributed by atoms with E-state index in [-0.39, 0.29) is 5.75 Å². The highest BCUT2D eigenvalue weighted by molar-refractivity contribution is 6.30. The Bertz CT molecular complexity index is 597. The molecule has 0 amide bonds. The van der Waals surface area contributed by atoms with Crippen LogP contribution < -0.4 is 10.2 Å². The molecule has 5 heteroatoms. The quantitative estimate of drug-likeness (QED) is 0.649. The molecule has 2 aromatic carbocycles. The number of nitrogens with zero attached hydrogens (tertiary/aromatic N) is 1. The van der Waals surface area contributed by atoms with Crippen molar-refractivity contribution in [2.75, 3.05) is 12.0 Å². The number of hydrogen-bond donors (Lipinski definition) is 2. The summed E-state index contributed by atoms with van der Waals surface area (Å²) in [5.41, 5.74) is 4.25. The molecule has 4 nitrogen and oxygen atoms in total. The summed E-state index contributed by atoms with van der Waals surface area (Å²) in [6, 6.07) is 12.4. The van der Waals surface area contributed by atoms with E-state index >= 15 is 0 Å². The van der Waals surface area contributed by atoms with Gasteiger partial charge in [-0.1, -0.05) is 17.7 Å². The third kappa shape index (κ3) is 3.65. The first-order chi connectivity index (χ1) is 9.70. The summed E-state index contributed by atoms with van der Waals surface area (Å²) in [5.74, 6) is 0.527. The van der Waals surface area contributed by atoms with E-state index in [9.17, 15) is 5.11 Å². The molecule has 0 spiro atoms. The first-order valence-corrected chi connectivity index (χ1v) is 6.58. The summed E-state index contributed by atoms with van der Waals surface area (Å²) in [4.78, 5) is 0. The second-order valence-corrected chi connectivity index (χ2v) is 4.44. The Labute approximate surface area is 122 Å². The zero-order chi connectivity index (χ0) is 14.4. The Hall–Kier alpha value is -2.20. The van der Waals surface area contributed by atoms with Crippen LogP contribution in [0.15, 0.2) is 47.6 Å². The van der Waals surface area contributed by atoms with Gasteiger partial charge in [-0.05, 0) is 43.3 Å². The summed E-state index contributed by atoms with van der Waals surface area (Å²) < 4.78 is 5.31. The molecule has 0 unspecified atom stereocenters. The molecule has 0 heterocycles. The second-order valence-electron chi connectivity index (χ2n) is 4.00. The molecule has 0 aliphatic carbocycles. The number of ether oxygens (including phenoxy) is 1. The van der Waals surface area contributed by atoms with Crippen molar-refractivity contribution in [1.29, 1.82) is 0 Å². The van der Waals surface area contributed by atoms with Crippen molar-refractivity contribution in [3.8, 4) is 11.5 Å². The van der Waals surface area contributed by atoms with E-state index in [1.54, 1.807) is 30.3 Å². The number of aromatic hydroxyl groups is 1. The fourth-order valence-corrected chi connectivity index (χ4v) is 1.74. The van der Waals surface area contributed by atoms with Gasteiger partial charge in [0, 0.05) is 10.6 Å². The van der Waals surface area contributed by atoms with Gasteiger partial charge in [-0.3, -0.25) is 5.43 Å². The normalized spacial score (nSPS) is 10.7. The van der Waals surface area contributed by atoms with Gasteiger partial charge in [0.2, 0.25) is 0 Å². The average molecular weight is 291 g/mol. The fourth-order valence-electron chi connectivity index (χ4n) is 1.62. The number of anilines is 1. The van der Waals surface area contributed by atoms with E-state index in [0.717, 1.165) is 5.69 Å². The highest BCUT2D eigenvalue weighted by Crippen LogP contribution is 2.28. The number of phenolic OH excluding ortho intramolecular Hbond substituents is 1. The summed E-state index contributed by atoms with van der Waals surface area (Å²) >= 11 is 5.80. The molecular weight excluding hydrogens is 276 g/mol. The molecular formula is C15H15ClN2O2. The number of halogens is 1. The van der Waals surface area contributed by atoms with Crippen molar-refractivity contribution in [3.63, 3.8) is 0 Å². The summed E-state index contributed by atoms with van der Waals surface area (Å²) in [6.07, 6.45) is 1.53. The highest BCUT2D eigenvalue weighted by Gasteiger charge is 2.05. The zero-order valence-electron chi connectivity index (χ0n) is 11.0. The van der Waals surface area contributed by atoms with Crippen molar-refractivity contribution < 1.29 is 9.84 Å². The number of nitrogens with one attached hydrogen (secondary N) is 1. The first kappa shape index (κ1) is 14.2. The maximum absolute atomic E-state index is 9.99. The van der Waals surface area contributed by atoms with Crippen molar-refractivity contribution in [1.82, 2.24) is 0 Å². The van der Waals surface area contributed by atoms with Crippen LogP contribution in [0.4, 0.5) is 5.69 Å². The number of rotatable bonds is 5. The van der Waals surface area contributed by atoms with Gasteiger partial charge >= 0.3 is 0 Å². The molecule has 0 saturated heterocycles. The van der Waals surface area contributed by atoms with Gasteiger partial charge in [-0.2, -0.15) is 5.10 Å². The number of hydrogen-bond acceptors (Lipinski definition) is 4. The van der Waals surface area contributed by atoms with Crippen LogP contribution in [0.25, 0.3) is 0 Å².